The fourth-order valence-corrected chi connectivity index (χ4v) is 1.33. The number of phenolic OH excluding ortho intramolecular Hbond substituents is 1. The molecule has 0 atom stereocenters. The molecule has 0 unspecified atom stereocenters. The maximum Gasteiger partial charge on any atom is 0.182 e. The van der Waals surface area contributed by atoms with Crippen molar-refractivity contribution in [1.82, 2.24) is 0 Å². The molecule has 14 heavy (non-hydrogen) atoms. The molecule has 0 spiro atoms. The van der Waals surface area contributed by atoms with Gasteiger partial charge in [-0.1, -0.05) is 0 Å². The Morgan fingerprint density at radius 1 is 1.29 bits per heavy atom. The normalized spacial score (nSPS) is 14.2. The average molecular weight is 191 g/mol. The molecule has 1 heterocycles. The summed E-state index contributed by atoms with van der Waals surface area (Å²) in [5.74, 6) is 0.804. The lowest BCUT2D eigenvalue weighted by molar-refractivity contribution is 0.296. The monoisotopic (exact) mass is 191 g/mol. The first-order valence-corrected chi connectivity index (χ1v) is 4.34. The summed E-state index contributed by atoms with van der Waals surface area (Å²) in [6, 6.07) is 4.94. The van der Waals surface area contributed by atoms with Crippen LogP contribution in [0.1, 0.15) is 12.0 Å². The van der Waals surface area contributed by atoms with Gasteiger partial charge in [0.15, 0.2) is 11.5 Å². The van der Waals surface area contributed by atoms with Crippen LogP contribution in [0.25, 0.3) is 0 Å². The van der Waals surface area contributed by atoms with E-state index in [1.54, 1.807) is 6.07 Å². The SMILES string of the molecule is N#Cc1c(O)ccc2c1OCCCO2. The number of rotatable bonds is 0. The number of ether oxygens (including phenoxy) is 2. The molecule has 1 aromatic carbocycles. The number of hydrogen-bond donors (Lipinski definition) is 1. The van der Waals surface area contributed by atoms with Gasteiger partial charge in [0.05, 0.1) is 13.2 Å². The molecule has 2 rings (SSSR count). The minimum atomic E-state index is -0.0725. The maximum absolute atomic E-state index is 9.40. The van der Waals surface area contributed by atoms with Crippen molar-refractivity contribution in [3.8, 4) is 23.3 Å². The van der Waals surface area contributed by atoms with E-state index in [-0.39, 0.29) is 11.3 Å². The van der Waals surface area contributed by atoms with Gasteiger partial charge in [-0.05, 0) is 12.1 Å². The second kappa shape index (κ2) is 3.46. The topological polar surface area (TPSA) is 62.5 Å². The lowest BCUT2D eigenvalue weighted by Gasteiger charge is -2.08. The highest BCUT2D eigenvalue weighted by molar-refractivity contribution is 5.59. The van der Waals surface area contributed by atoms with E-state index in [4.69, 9.17) is 14.7 Å². The summed E-state index contributed by atoms with van der Waals surface area (Å²) in [7, 11) is 0. The lowest BCUT2D eigenvalue weighted by atomic mass is 10.2. The summed E-state index contributed by atoms with van der Waals surface area (Å²) in [4.78, 5) is 0. The van der Waals surface area contributed by atoms with Gasteiger partial charge in [-0.25, -0.2) is 0 Å². The molecule has 4 nitrogen and oxygen atoms in total. The van der Waals surface area contributed by atoms with Gasteiger partial charge in [-0.15, -0.1) is 0 Å². The Bertz CT molecular complexity index is 395. The Balaban J connectivity index is 2.55. The van der Waals surface area contributed by atoms with Crippen LogP contribution in [0.15, 0.2) is 12.1 Å². The molecule has 4 heteroatoms. The van der Waals surface area contributed by atoms with Gasteiger partial charge < -0.3 is 14.6 Å². The quantitative estimate of drug-likeness (QED) is 0.673. The van der Waals surface area contributed by atoms with Crippen LogP contribution in [0.3, 0.4) is 0 Å². The highest BCUT2D eigenvalue weighted by atomic mass is 16.5. The number of nitriles is 1. The first kappa shape index (κ1) is 8.70. The summed E-state index contributed by atoms with van der Waals surface area (Å²) in [6.07, 6.45) is 0.778. The third-order valence-electron chi connectivity index (χ3n) is 2.00. The van der Waals surface area contributed by atoms with Crippen molar-refractivity contribution in [3.63, 3.8) is 0 Å². The zero-order chi connectivity index (χ0) is 9.97. The molecule has 1 aliphatic rings. The van der Waals surface area contributed by atoms with E-state index in [1.165, 1.54) is 6.07 Å². The van der Waals surface area contributed by atoms with Crippen LogP contribution in [0.4, 0.5) is 0 Å². The van der Waals surface area contributed by atoms with Crippen LogP contribution >= 0.6 is 0 Å². The van der Waals surface area contributed by atoms with Crippen molar-refractivity contribution in [2.75, 3.05) is 13.2 Å². The third-order valence-corrected chi connectivity index (χ3v) is 2.00. The minimum Gasteiger partial charge on any atom is -0.506 e. The molecular weight excluding hydrogens is 182 g/mol. The van der Waals surface area contributed by atoms with Crippen molar-refractivity contribution >= 4 is 0 Å². The van der Waals surface area contributed by atoms with Crippen LogP contribution in [0, 0.1) is 11.3 Å². The standard InChI is InChI=1S/C10H9NO3/c11-6-7-8(12)2-3-9-10(7)14-5-1-4-13-9/h2-3,12H,1,4-5H2. The number of phenols is 1. The molecule has 0 bridgehead atoms. The fraction of sp³-hybridized carbons (Fsp3) is 0.300. The fourth-order valence-electron chi connectivity index (χ4n) is 1.33. The Morgan fingerprint density at radius 3 is 2.86 bits per heavy atom. The number of nitrogens with zero attached hydrogens (tertiary/aromatic N) is 1. The van der Waals surface area contributed by atoms with Crippen molar-refractivity contribution in [1.29, 1.82) is 5.26 Å². The second-order valence-corrected chi connectivity index (χ2v) is 2.95. The molecule has 0 aliphatic carbocycles. The average Bonchev–Trinajstić information content (AvgIpc) is 2.42. The zero-order valence-electron chi connectivity index (χ0n) is 7.49. The van der Waals surface area contributed by atoms with Crippen molar-refractivity contribution < 1.29 is 14.6 Å². The summed E-state index contributed by atoms with van der Waals surface area (Å²) >= 11 is 0. The molecule has 72 valence electrons. The molecule has 0 saturated heterocycles. The Labute approximate surface area is 81.3 Å². The molecule has 1 aliphatic heterocycles. The number of aromatic hydroxyl groups is 1. The van der Waals surface area contributed by atoms with Crippen LogP contribution in [0.5, 0.6) is 17.2 Å². The molecule has 0 saturated carbocycles. The van der Waals surface area contributed by atoms with Gasteiger partial charge in [0.25, 0.3) is 0 Å². The summed E-state index contributed by atoms with van der Waals surface area (Å²) in [5.41, 5.74) is 0.143. The van der Waals surface area contributed by atoms with Crippen LogP contribution in [-0.2, 0) is 0 Å². The molecule has 1 aromatic rings. The van der Waals surface area contributed by atoms with Gasteiger partial charge in [-0.2, -0.15) is 5.26 Å². The first-order valence-electron chi connectivity index (χ1n) is 4.34. The first-order chi connectivity index (χ1) is 6.83. The Kier molecular flexibility index (Phi) is 2.15. The van der Waals surface area contributed by atoms with E-state index in [2.05, 4.69) is 0 Å². The van der Waals surface area contributed by atoms with Crippen molar-refractivity contribution in [2.24, 2.45) is 0 Å². The van der Waals surface area contributed by atoms with Crippen LogP contribution in [-0.4, -0.2) is 18.3 Å². The predicted molar refractivity (Wildman–Crippen MR) is 48.4 cm³/mol. The molecular formula is C10H9NO3. The van der Waals surface area contributed by atoms with E-state index in [9.17, 15) is 5.11 Å². The highest BCUT2D eigenvalue weighted by Gasteiger charge is 2.17. The number of hydrogen-bond acceptors (Lipinski definition) is 4. The molecule has 0 aromatic heterocycles. The molecule has 0 radical (unpaired) electrons. The summed E-state index contributed by atoms with van der Waals surface area (Å²) < 4.78 is 10.7. The van der Waals surface area contributed by atoms with E-state index >= 15 is 0 Å². The largest absolute Gasteiger partial charge is 0.506 e. The van der Waals surface area contributed by atoms with Gasteiger partial charge in [0.2, 0.25) is 0 Å². The van der Waals surface area contributed by atoms with Gasteiger partial charge >= 0.3 is 0 Å². The number of benzene rings is 1. The van der Waals surface area contributed by atoms with Gasteiger partial charge in [0, 0.05) is 6.42 Å². The van der Waals surface area contributed by atoms with E-state index < -0.39 is 0 Å². The molecule has 0 fully saturated rings. The Morgan fingerprint density at radius 2 is 2.07 bits per heavy atom. The molecule has 0 amide bonds. The lowest BCUT2D eigenvalue weighted by Crippen LogP contribution is -1.98. The minimum absolute atomic E-state index is 0.0725. The van der Waals surface area contributed by atoms with E-state index in [0.29, 0.717) is 24.7 Å². The summed E-state index contributed by atoms with van der Waals surface area (Å²) in [6.45, 7) is 1.08. The van der Waals surface area contributed by atoms with Gasteiger partial charge in [0.1, 0.15) is 17.4 Å². The predicted octanol–water partition coefficient (Wildman–Crippen LogP) is 1.43. The van der Waals surface area contributed by atoms with E-state index in [0.717, 1.165) is 6.42 Å². The maximum atomic E-state index is 9.40. The molecule has 1 N–H and O–H groups in total. The van der Waals surface area contributed by atoms with Gasteiger partial charge in [-0.3, -0.25) is 0 Å². The van der Waals surface area contributed by atoms with Crippen molar-refractivity contribution in [2.45, 2.75) is 6.42 Å². The van der Waals surface area contributed by atoms with Crippen LogP contribution in [0.2, 0.25) is 0 Å². The zero-order valence-corrected chi connectivity index (χ0v) is 7.49. The van der Waals surface area contributed by atoms with E-state index in [1.807, 2.05) is 6.07 Å². The smallest absolute Gasteiger partial charge is 0.182 e. The Hall–Kier alpha value is -1.89. The van der Waals surface area contributed by atoms with Crippen LogP contribution < -0.4 is 9.47 Å². The summed E-state index contributed by atoms with van der Waals surface area (Å²) in [5, 5.41) is 18.2. The number of fused-ring (bicyclic) bond motifs is 1. The van der Waals surface area contributed by atoms with Crippen molar-refractivity contribution in [3.05, 3.63) is 17.7 Å². The highest BCUT2D eigenvalue weighted by Crippen LogP contribution is 2.37. The third kappa shape index (κ3) is 1.33. The second-order valence-electron chi connectivity index (χ2n) is 2.95.